The van der Waals surface area contributed by atoms with Gasteiger partial charge >= 0.3 is 0 Å². The monoisotopic (exact) mass is 411 g/mol. The van der Waals surface area contributed by atoms with Crippen molar-refractivity contribution >= 4 is 39.4 Å². The van der Waals surface area contributed by atoms with E-state index in [1.165, 1.54) is 0 Å². The van der Waals surface area contributed by atoms with Crippen LogP contribution in [0.4, 0.5) is 0 Å². The summed E-state index contributed by atoms with van der Waals surface area (Å²) in [6.45, 7) is 4.41. The third-order valence-corrected chi connectivity index (χ3v) is 6.89. The molecule has 4 atom stereocenters. The lowest BCUT2D eigenvalue weighted by Gasteiger charge is -2.22. The van der Waals surface area contributed by atoms with Crippen molar-refractivity contribution in [1.82, 2.24) is 15.6 Å². The SMILES string of the molecule is CC(C)C[C@@H]1C[C@H]1C(=O)N[C@H]1CCC[C@H]1NC(=O)/C=C/c1nc2ccccc2s1. The van der Waals surface area contributed by atoms with E-state index in [0.717, 1.165) is 47.3 Å². The second kappa shape index (κ2) is 8.66. The van der Waals surface area contributed by atoms with Gasteiger partial charge in [-0.3, -0.25) is 9.59 Å². The quantitative estimate of drug-likeness (QED) is 0.673. The number of benzene rings is 1. The Bertz CT molecular complexity index is 887. The largest absolute Gasteiger partial charge is 0.351 e. The van der Waals surface area contributed by atoms with Gasteiger partial charge in [-0.05, 0) is 62.1 Å². The van der Waals surface area contributed by atoms with Crippen LogP contribution in [0, 0.1) is 17.8 Å². The number of nitrogens with zero attached hydrogens (tertiary/aromatic N) is 1. The molecule has 2 aromatic rings. The Balaban J connectivity index is 1.29. The van der Waals surface area contributed by atoms with Gasteiger partial charge in [-0.2, -0.15) is 0 Å². The topological polar surface area (TPSA) is 71.1 Å². The van der Waals surface area contributed by atoms with E-state index in [-0.39, 0.29) is 29.8 Å². The minimum absolute atomic E-state index is 0.00812. The molecule has 2 aliphatic carbocycles. The van der Waals surface area contributed by atoms with Crippen molar-refractivity contribution in [2.24, 2.45) is 17.8 Å². The Morgan fingerprint density at radius 2 is 1.97 bits per heavy atom. The van der Waals surface area contributed by atoms with Crippen LogP contribution >= 0.6 is 11.3 Å². The molecule has 2 N–H and O–H groups in total. The van der Waals surface area contributed by atoms with Crippen molar-refractivity contribution in [1.29, 1.82) is 0 Å². The summed E-state index contributed by atoms with van der Waals surface area (Å²) in [4.78, 5) is 29.5. The minimum atomic E-state index is -0.125. The van der Waals surface area contributed by atoms with Gasteiger partial charge in [0.25, 0.3) is 0 Å². The number of aromatic nitrogens is 1. The molecule has 0 aliphatic heterocycles. The Kier molecular flexibility index (Phi) is 5.99. The summed E-state index contributed by atoms with van der Waals surface area (Å²) in [6.07, 6.45) is 8.32. The van der Waals surface area contributed by atoms with Gasteiger partial charge in [-0.15, -0.1) is 11.3 Å². The highest BCUT2D eigenvalue weighted by molar-refractivity contribution is 7.19. The van der Waals surface area contributed by atoms with Crippen molar-refractivity contribution in [2.45, 2.75) is 58.0 Å². The van der Waals surface area contributed by atoms with E-state index in [1.807, 2.05) is 24.3 Å². The first-order valence-electron chi connectivity index (χ1n) is 10.6. The van der Waals surface area contributed by atoms with Crippen LogP contribution in [-0.4, -0.2) is 28.9 Å². The Hall–Kier alpha value is -2.21. The van der Waals surface area contributed by atoms with Crippen molar-refractivity contribution in [3.05, 3.63) is 35.3 Å². The fraction of sp³-hybridized carbons (Fsp3) is 0.522. The summed E-state index contributed by atoms with van der Waals surface area (Å²) in [7, 11) is 0. The third kappa shape index (κ3) is 5.04. The molecular formula is C23H29N3O2S. The van der Waals surface area contributed by atoms with E-state index in [0.29, 0.717) is 11.8 Å². The highest BCUT2D eigenvalue weighted by Crippen LogP contribution is 2.43. The average Bonchev–Trinajstić information content (AvgIpc) is 3.10. The van der Waals surface area contributed by atoms with Crippen molar-refractivity contribution in [2.75, 3.05) is 0 Å². The zero-order chi connectivity index (χ0) is 20.4. The van der Waals surface area contributed by atoms with Crippen LogP contribution in [0.3, 0.4) is 0 Å². The maximum atomic E-state index is 12.5. The van der Waals surface area contributed by atoms with E-state index in [1.54, 1.807) is 23.5 Å². The van der Waals surface area contributed by atoms with Gasteiger partial charge in [0.15, 0.2) is 0 Å². The number of carbonyl (C=O) groups excluding carboxylic acids is 2. The predicted octanol–water partition coefficient (Wildman–Crippen LogP) is 4.15. The molecular weight excluding hydrogens is 382 g/mol. The Labute approximate surface area is 176 Å². The normalized spacial score (nSPS) is 26.3. The number of para-hydroxylation sites is 1. The first-order valence-corrected chi connectivity index (χ1v) is 11.5. The van der Waals surface area contributed by atoms with Gasteiger partial charge in [0.05, 0.1) is 10.2 Å². The van der Waals surface area contributed by atoms with Crippen molar-refractivity contribution < 1.29 is 9.59 Å². The molecule has 0 bridgehead atoms. The standard InChI is InChI=1S/C23H29N3O2S/c1-14(2)12-15-13-16(15)23(28)26-18-8-5-7-17(18)24-21(27)10-11-22-25-19-6-3-4-9-20(19)29-22/h3-4,6,9-11,14-18H,5,7-8,12-13H2,1-2H3,(H,24,27)(H,26,28)/b11-10+/t15-,16-,17-,18+/m1/s1. The first-order chi connectivity index (χ1) is 14.0. The number of nitrogens with one attached hydrogen (secondary N) is 2. The first kappa shape index (κ1) is 20.1. The summed E-state index contributed by atoms with van der Waals surface area (Å²) in [5.41, 5.74) is 0.951. The van der Waals surface area contributed by atoms with E-state index in [9.17, 15) is 9.59 Å². The molecule has 0 unspecified atom stereocenters. The predicted molar refractivity (Wildman–Crippen MR) is 117 cm³/mol. The van der Waals surface area contributed by atoms with Gasteiger partial charge in [-0.25, -0.2) is 4.98 Å². The van der Waals surface area contributed by atoms with Crippen LogP contribution < -0.4 is 10.6 Å². The van der Waals surface area contributed by atoms with Crippen LogP contribution in [0.15, 0.2) is 30.3 Å². The molecule has 2 aliphatic rings. The molecule has 1 aromatic carbocycles. The number of thiazole rings is 1. The molecule has 5 nitrogen and oxygen atoms in total. The summed E-state index contributed by atoms with van der Waals surface area (Å²) in [6, 6.07) is 8.00. The van der Waals surface area contributed by atoms with Gasteiger partial charge in [0, 0.05) is 24.1 Å². The van der Waals surface area contributed by atoms with Crippen LogP contribution in [-0.2, 0) is 9.59 Å². The van der Waals surface area contributed by atoms with Crippen molar-refractivity contribution in [3.8, 4) is 0 Å². The summed E-state index contributed by atoms with van der Waals surface area (Å²) < 4.78 is 1.11. The fourth-order valence-electron chi connectivity index (χ4n) is 4.37. The molecule has 2 saturated carbocycles. The van der Waals surface area contributed by atoms with E-state index in [4.69, 9.17) is 0 Å². The average molecular weight is 412 g/mol. The molecule has 2 fully saturated rings. The van der Waals surface area contributed by atoms with Gasteiger partial charge in [0.1, 0.15) is 5.01 Å². The number of hydrogen-bond acceptors (Lipinski definition) is 4. The Morgan fingerprint density at radius 1 is 1.21 bits per heavy atom. The second-order valence-corrected chi connectivity index (χ2v) is 9.81. The second-order valence-electron chi connectivity index (χ2n) is 8.75. The lowest BCUT2D eigenvalue weighted by atomic mass is 10.1. The van der Waals surface area contributed by atoms with Crippen molar-refractivity contribution in [3.63, 3.8) is 0 Å². The summed E-state index contributed by atoms with van der Waals surface area (Å²) in [5.74, 6) is 1.40. The summed E-state index contributed by atoms with van der Waals surface area (Å²) >= 11 is 1.57. The smallest absolute Gasteiger partial charge is 0.244 e. The fourth-order valence-corrected chi connectivity index (χ4v) is 5.24. The number of amides is 2. The molecule has 0 spiro atoms. The van der Waals surface area contributed by atoms with Crippen LogP contribution in [0.1, 0.15) is 51.0 Å². The molecule has 2 amide bonds. The molecule has 0 saturated heterocycles. The Morgan fingerprint density at radius 3 is 2.72 bits per heavy atom. The minimum Gasteiger partial charge on any atom is -0.351 e. The maximum Gasteiger partial charge on any atom is 0.244 e. The lowest BCUT2D eigenvalue weighted by molar-refractivity contribution is -0.124. The highest BCUT2D eigenvalue weighted by atomic mass is 32.1. The maximum absolute atomic E-state index is 12.5. The van der Waals surface area contributed by atoms with Crippen LogP contribution in [0.5, 0.6) is 0 Å². The zero-order valence-electron chi connectivity index (χ0n) is 17.1. The lowest BCUT2D eigenvalue weighted by Crippen LogP contribution is -2.48. The third-order valence-electron chi connectivity index (χ3n) is 5.89. The highest BCUT2D eigenvalue weighted by Gasteiger charge is 2.44. The zero-order valence-corrected chi connectivity index (χ0v) is 17.9. The molecule has 0 radical (unpaired) electrons. The van der Waals surface area contributed by atoms with Gasteiger partial charge in [-0.1, -0.05) is 26.0 Å². The summed E-state index contributed by atoms with van der Waals surface area (Å²) in [5, 5.41) is 7.10. The molecule has 1 aromatic heterocycles. The number of rotatable bonds is 7. The number of carbonyl (C=O) groups is 2. The molecule has 6 heteroatoms. The number of fused-ring (bicyclic) bond motifs is 1. The molecule has 29 heavy (non-hydrogen) atoms. The van der Waals surface area contributed by atoms with Gasteiger partial charge < -0.3 is 10.6 Å². The molecule has 154 valence electrons. The number of hydrogen-bond donors (Lipinski definition) is 2. The van der Waals surface area contributed by atoms with Crippen LogP contribution in [0.25, 0.3) is 16.3 Å². The van der Waals surface area contributed by atoms with E-state index in [2.05, 4.69) is 29.5 Å². The van der Waals surface area contributed by atoms with E-state index >= 15 is 0 Å². The molecule has 1 heterocycles. The van der Waals surface area contributed by atoms with E-state index < -0.39 is 0 Å². The van der Waals surface area contributed by atoms with Gasteiger partial charge in [0.2, 0.25) is 11.8 Å². The van der Waals surface area contributed by atoms with Crippen LogP contribution in [0.2, 0.25) is 0 Å². The molecule has 4 rings (SSSR count).